The van der Waals surface area contributed by atoms with Crippen LogP contribution in [0.2, 0.25) is 0 Å². The summed E-state index contributed by atoms with van der Waals surface area (Å²) < 4.78 is 1.10. The first-order chi connectivity index (χ1) is 8.69. The predicted molar refractivity (Wildman–Crippen MR) is 80.8 cm³/mol. The molecule has 0 bridgehead atoms. The summed E-state index contributed by atoms with van der Waals surface area (Å²) in [4.78, 5) is 2.56. The van der Waals surface area contributed by atoms with Gasteiger partial charge in [-0.3, -0.25) is 0 Å². The molecule has 0 aliphatic rings. The number of hydrogen-bond donors (Lipinski definition) is 2. The van der Waals surface area contributed by atoms with E-state index in [2.05, 4.69) is 57.6 Å². The molecule has 2 nitrogen and oxygen atoms in total. The van der Waals surface area contributed by atoms with Gasteiger partial charge in [-0.25, -0.2) is 0 Å². The molecule has 0 unspecified atom stereocenters. The lowest BCUT2D eigenvalue weighted by atomic mass is 10.2. The van der Waals surface area contributed by atoms with Crippen LogP contribution in [0.3, 0.4) is 0 Å². The Morgan fingerprint density at radius 3 is 2.61 bits per heavy atom. The maximum Gasteiger partial charge on any atom is 0.0582 e. The van der Waals surface area contributed by atoms with Crippen LogP contribution in [0.4, 0.5) is 0 Å². The van der Waals surface area contributed by atoms with E-state index in [1.165, 1.54) is 15.3 Å². The second-order valence-electron chi connectivity index (χ2n) is 4.24. The lowest BCUT2D eigenvalue weighted by molar-refractivity contribution is 0.251. The van der Waals surface area contributed by atoms with E-state index in [1.807, 2.05) is 6.92 Å². The molecule has 0 aliphatic heterocycles. The number of halogens is 1. The van der Waals surface area contributed by atoms with Crippen molar-refractivity contribution in [3.63, 3.8) is 0 Å². The van der Waals surface area contributed by atoms with E-state index in [4.69, 9.17) is 5.11 Å². The van der Waals surface area contributed by atoms with E-state index in [0.29, 0.717) is 0 Å². The number of aliphatic hydroxyl groups is 1. The quantitative estimate of drug-likeness (QED) is 0.879. The first kappa shape index (κ1) is 13.7. The van der Waals surface area contributed by atoms with Crippen molar-refractivity contribution < 1.29 is 5.11 Å². The molecule has 2 rings (SSSR count). The maximum absolute atomic E-state index is 8.96. The summed E-state index contributed by atoms with van der Waals surface area (Å²) in [5, 5.41) is 12.2. The highest BCUT2D eigenvalue weighted by atomic mass is 79.9. The lowest BCUT2D eigenvalue weighted by Crippen LogP contribution is -2.28. The van der Waals surface area contributed by atoms with Crippen molar-refractivity contribution in [3.05, 3.63) is 45.7 Å². The van der Waals surface area contributed by atoms with Crippen molar-refractivity contribution in [1.82, 2.24) is 5.32 Å². The highest BCUT2D eigenvalue weighted by Crippen LogP contribution is 2.29. The minimum atomic E-state index is 0.142. The topological polar surface area (TPSA) is 32.3 Å². The van der Waals surface area contributed by atoms with Gasteiger partial charge in [0.2, 0.25) is 0 Å². The minimum absolute atomic E-state index is 0.142. The highest BCUT2D eigenvalue weighted by Gasteiger charge is 2.04. The lowest BCUT2D eigenvalue weighted by Gasteiger charge is -2.08. The first-order valence-corrected chi connectivity index (χ1v) is 7.49. The van der Waals surface area contributed by atoms with Crippen molar-refractivity contribution in [2.45, 2.75) is 19.5 Å². The smallest absolute Gasteiger partial charge is 0.0582 e. The third-order valence-electron chi connectivity index (χ3n) is 2.69. The summed E-state index contributed by atoms with van der Waals surface area (Å²) >= 11 is 5.23. The van der Waals surface area contributed by atoms with Gasteiger partial charge in [0, 0.05) is 26.8 Å². The molecule has 0 saturated carbocycles. The third-order valence-corrected chi connectivity index (χ3v) is 4.35. The standard InChI is InChI=1S/C14H16BrNOS/c1-10(9-17)16-8-13-6-7-14(18-13)11-2-4-12(15)5-3-11/h2-7,10,16-17H,8-9H2,1H3/t10-/m1/s1. The molecule has 0 fully saturated rings. The van der Waals surface area contributed by atoms with Crippen molar-refractivity contribution in [2.75, 3.05) is 6.61 Å². The van der Waals surface area contributed by atoms with Gasteiger partial charge in [0.25, 0.3) is 0 Å². The fourth-order valence-corrected chi connectivity index (χ4v) is 2.81. The molecule has 1 aromatic heterocycles. The largest absolute Gasteiger partial charge is 0.395 e. The van der Waals surface area contributed by atoms with Crippen molar-refractivity contribution in [2.24, 2.45) is 0 Å². The zero-order valence-corrected chi connectivity index (χ0v) is 12.6. The zero-order valence-electron chi connectivity index (χ0n) is 10.2. The molecule has 2 aromatic rings. The summed E-state index contributed by atoms with van der Waals surface area (Å²) in [5.74, 6) is 0. The SMILES string of the molecule is C[C@H](CO)NCc1ccc(-c2ccc(Br)cc2)s1. The van der Waals surface area contributed by atoms with E-state index in [-0.39, 0.29) is 12.6 Å². The van der Waals surface area contributed by atoms with Gasteiger partial charge < -0.3 is 10.4 Å². The van der Waals surface area contributed by atoms with E-state index >= 15 is 0 Å². The van der Waals surface area contributed by atoms with Crippen molar-refractivity contribution in [1.29, 1.82) is 0 Å². The van der Waals surface area contributed by atoms with Gasteiger partial charge in [-0.2, -0.15) is 0 Å². The summed E-state index contributed by atoms with van der Waals surface area (Å²) in [6, 6.07) is 12.8. The minimum Gasteiger partial charge on any atom is -0.395 e. The average Bonchev–Trinajstić information content (AvgIpc) is 2.85. The van der Waals surface area contributed by atoms with E-state index in [0.717, 1.165) is 11.0 Å². The monoisotopic (exact) mass is 325 g/mol. The van der Waals surface area contributed by atoms with Gasteiger partial charge in [-0.1, -0.05) is 28.1 Å². The van der Waals surface area contributed by atoms with Gasteiger partial charge in [0.05, 0.1) is 6.61 Å². The molecular weight excluding hydrogens is 310 g/mol. The van der Waals surface area contributed by atoms with Crippen LogP contribution < -0.4 is 5.32 Å². The highest BCUT2D eigenvalue weighted by molar-refractivity contribution is 9.10. The van der Waals surface area contributed by atoms with Gasteiger partial charge in [0.1, 0.15) is 0 Å². The van der Waals surface area contributed by atoms with Crippen LogP contribution in [-0.2, 0) is 6.54 Å². The molecule has 4 heteroatoms. The molecule has 0 spiro atoms. The van der Waals surface area contributed by atoms with Crippen LogP contribution in [0.1, 0.15) is 11.8 Å². The number of nitrogens with one attached hydrogen (secondary N) is 1. The molecule has 2 N–H and O–H groups in total. The zero-order chi connectivity index (χ0) is 13.0. The Hall–Kier alpha value is -0.680. The van der Waals surface area contributed by atoms with Gasteiger partial charge in [-0.15, -0.1) is 11.3 Å². The molecule has 18 heavy (non-hydrogen) atoms. The molecule has 1 aromatic carbocycles. The molecule has 0 saturated heterocycles. The molecule has 1 heterocycles. The van der Waals surface area contributed by atoms with Gasteiger partial charge >= 0.3 is 0 Å². The Balaban J connectivity index is 2.03. The van der Waals surface area contributed by atoms with Crippen molar-refractivity contribution >= 4 is 27.3 Å². The Morgan fingerprint density at radius 2 is 1.94 bits per heavy atom. The van der Waals surface area contributed by atoms with Crippen LogP contribution in [-0.4, -0.2) is 17.8 Å². The number of benzene rings is 1. The maximum atomic E-state index is 8.96. The van der Waals surface area contributed by atoms with Gasteiger partial charge in [0.15, 0.2) is 0 Å². The van der Waals surface area contributed by atoms with Gasteiger partial charge in [-0.05, 0) is 36.8 Å². The molecule has 0 amide bonds. The molecule has 0 aliphatic carbocycles. The fraction of sp³-hybridized carbons (Fsp3) is 0.286. The normalized spacial score (nSPS) is 12.6. The number of aliphatic hydroxyl groups excluding tert-OH is 1. The van der Waals surface area contributed by atoms with E-state index in [9.17, 15) is 0 Å². The van der Waals surface area contributed by atoms with Crippen LogP contribution in [0.5, 0.6) is 0 Å². The first-order valence-electron chi connectivity index (χ1n) is 5.88. The molecule has 1 atom stereocenters. The molecular formula is C14H16BrNOS. The molecule has 96 valence electrons. The second kappa shape index (κ2) is 6.48. The predicted octanol–water partition coefficient (Wildman–Crippen LogP) is 3.65. The van der Waals surface area contributed by atoms with Crippen LogP contribution >= 0.6 is 27.3 Å². The average molecular weight is 326 g/mol. The summed E-state index contributed by atoms with van der Waals surface area (Å²) in [7, 11) is 0. The number of hydrogen-bond acceptors (Lipinski definition) is 3. The summed E-state index contributed by atoms with van der Waals surface area (Å²) in [5.41, 5.74) is 1.24. The summed E-state index contributed by atoms with van der Waals surface area (Å²) in [6.07, 6.45) is 0. The number of rotatable bonds is 5. The van der Waals surface area contributed by atoms with Crippen molar-refractivity contribution in [3.8, 4) is 10.4 Å². The Bertz CT molecular complexity index is 495. The molecule has 0 radical (unpaired) electrons. The van der Waals surface area contributed by atoms with E-state index < -0.39 is 0 Å². The van der Waals surface area contributed by atoms with E-state index in [1.54, 1.807) is 11.3 Å². The fourth-order valence-electron chi connectivity index (χ4n) is 1.58. The Kier molecular flexibility index (Phi) is 4.95. The third kappa shape index (κ3) is 3.65. The van der Waals surface area contributed by atoms with Crippen LogP contribution in [0.25, 0.3) is 10.4 Å². The van der Waals surface area contributed by atoms with Crippen LogP contribution in [0, 0.1) is 0 Å². The number of thiophene rings is 1. The Morgan fingerprint density at radius 1 is 1.22 bits per heavy atom. The summed E-state index contributed by atoms with van der Waals surface area (Å²) in [6.45, 7) is 2.96. The van der Waals surface area contributed by atoms with Crippen LogP contribution in [0.15, 0.2) is 40.9 Å². The second-order valence-corrected chi connectivity index (χ2v) is 6.32. The Labute approximate surface area is 120 Å².